The van der Waals surface area contributed by atoms with Gasteiger partial charge < -0.3 is 14.9 Å². The number of aliphatic carboxylic acids is 1. The average molecular weight is 591 g/mol. The van der Waals surface area contributed by atoms with E-state index in [1.54, 1.807) is 67.6 Å². The number of carboxylic acids is 1. The third kappa shape index (κ3) is 5.62. The number of carboxylic acid groups (broad SMARTS) is 1. The molecule has 2 N–H and O–H groups in total. The number of rotatable bonds is 8. The lowest BCUT2D eigenvalue weighted by atomic mass is 10.0. The van der Waals surface area contributed by atoms with Crippen molar-refractivity contribution in [2.24, 2.45) is 0 Å². The Morgan fingerprint density at radius 3 is 2.15 bits per heavy atom. The fraction of sp³-hybridized carbons (Fsp3) is 0.231. The Bertz CT molecular complexity index is 1170. The second-order valence-electron chi connectivity index (χ2n) is 8.02. The van der Waals surface area contributed by atoms with E-state index in [2.05, 4.69) is 31.9 Å². The molecule has 0 saturated carbocycles. The normalized spacial score (nSPS) is 11.8. The number of phenolic OH excluding ortho intramolecular Hbond substituents is 1. The summed E-state index contributed by atoms with van der Waals surface area (Å²) in [6.45, 7) is 5.68. The van der Waals surface area contributed by atoms with Crippen LogP contribution in [0.5, 0.6) is 17.2 Å². The van der Waals surface area contributed by atoms with Crippen LogP contribution in [0.15, 0.2) is 69.6 Å². The Morgan fingerprint density at radius 2 is 1.62 bits per heavy atom. The maximum atomic E-state index is 13.4. The van der Waals surface area contributed by atoms with E-state index in [0.717, 1.165) is 5.56 Å². The number of hydrogen-bond donors (Lipinski definition) is 2. The van der Waals surface area contributed by atoms with E-state index >= 15 is 0 Å². The van der Waals surface area contributed by atoms with Gasteiger partial charge in [0.05, 0.1) is 8.95 Å². The number of aromatic hydroxyl groups is 1. The van der Waals surface area contributed by atoms with Crippen LogP contribution < -0.4 is 9.64 Å². The molecule has 0 spiro atoms. The molecule has 3 rings (SSSR count). The van der Waals surface area contributed by atoms with E-state index in [-0.39, 0.29) is 18.1 Å². The molecule has 3 aromatic carbocycles. The number of phenols is 1. The number of ether oxygens (including phenoxy) is 1. The predicted octanol–water partition coefficient (Wildman–Crippen LogP) is 7.34. The van der Waals surface area contributed by atoms with Crippen LogP contribution in [0.3, 0.4) is 0 Å². The van der Waals surface area contributed by atoms with Gasteiger partial charge in [-0.15, -0.1) is 0 Å². The molecule has 178 valence electrons. The van der Waals surface area contributed by atoms with Gasteiger partial charge in [0.1, 0.15) is 17.5 Å². The van der Waals surface area contributed by atoms with Crippen LogP contribution in [0.25, 0.3) is 0 Å². The van der Waals surface area contributed by atoms with Crippen molar-refractivity contribution < 1.29 is 24.5 Å². The van der Waals surface area contributed by atoms with E-state index < -0.39 is 17.9 Å². The van der Waals surface area contributed by atoms with E-state index in [4.69, 9.17) is 4.74 Å². The summed E-state index contributed by atoms with van der Waals surface area (Å²) >= 11 is 7.02. The van der Waals surface area contributed by atoms with Crippen LogP contribution in [-0.2, 0) is 4.79 Å². The Hall–Kier alpha value is -2.84. The standard InChI is InChI=1S/C26H25Br2NO5/c1-4-22(26(32)33)29(25(31)16-8-6-5-7-9-16)17-12-20(27)24(21(28)13-17)34-18-10-11-23(30)19(14-18)15(2)3/h5-15,22,30H,4H2,1-3H3,(H,32,33). The lowest BCUT2D eigenvalue weighted by Gasteiger charge is -2.29. The van der Waals surface area contributed by atoms with Crippen LogP contribution in [0.4, 0.5) is 5.69 Å². The van der Waals surface area contributed by atoms with Crippen molar-refractivity contribution in [3.05, 3.63) is 80.7 Å². The van der Waals surface area contributed by atoms with E-state index in [1.165, 1.54) is 4.90 Å². The number of nitrogens with zero attached hydrogens (tertiary/aromatic N) is 1. The summed E-state index contributed by atoms with van der Waals surface area (Å²) in [5, 5.41) is 19.9. The molecule has 34 heavy (non-hydrogen) atoms. The van der Waals surface area contributed by atoms with Crippen molar-refractivity contribution in [1.29, 1.82) is 0 Å². The molecule has 0 saturated heterocycles. The van der Waals surface area contributed by atoms with Crippen molar-refractivity contribution >= 4 is 49.4 Å². The molecule has 6 nitrogen and oxygen atoms in total. The highest BCUT2D eigenvalue weighted by molar-refractivity contribution is 9.11. The molecule has 3 aromatic rings. The molecule has 0 aliphatic heterocycles. The van der Waals surface area contributed by atoms with Crippen LogP contribution in [0.1, 0.15) is 49.0 Å². The van der Waals surface area contributed by atoms with Gasteiger partial charge in [-0.05, 0) is 86.7 Å². The van der Waals surface area contributed by atoms with Crippen LogP contribution in [-0.4, -0.2) is 28.1 Å². The molecule has 8 heteroatoms. The first-order chi connectivity index (χ1) is 16.1. The summed E-state index contributed by atoms with van der Waals surface area (Å²) in [7, 11) is 0. The molecule has 0 aromatic heterocycles. The summed E-state index contributed by atoms with van der Waals surface area (Å²) in [5.74, 6) is -0.209. The zero-order valence-corrected chi connectivity index (χ0v) is 22.1. The molecule has 0 aliphatic rings. The molecule has 0 radical (unpaired) electrons. The van der Waals surface area contributed by atoms with E-state index in [9.17, 15) is 19.8 Å². The van der Waals surface area contributed by atoms with Gasteiger partial charge >= 0.3 is 5.97 Å². The number of benzene rings is 3. The van der Waals surface area contributed by atoms with Crippen LogP contribution in [0, 0.1) is 0 Å². The lowest BCUT2D eigenvalue weighted by molar-refractivity contribution is -0.138. The maximum absolute atomic E-state index is 13.4. The lowest BCUT2D eigenvalue weighted by Crippen LogP contribution is -2.45. The minimum absolute atomic E-state index is 0.109. The maximum Gasteiger partial charge on any atom is 0.326 e. The number of hydrogen-bond acceptors (Lipinski definition) is 4. The van der Waals surface area contributed by atoms with Crippen molar-refractivity contribution in [2.45, 2.75) is 39.2 Å². The molecular weight excluding hydrogens is 566 g/mol. The van der Waals surface area contributed by atoms with Gasteiger partial charge in [-0.25, -0.2) is 4.79 Å². The van der Waals surface area contributed by atoms with Crippen molar-refractivity contribution in [3.63, 3.8) is 0 Å². The summed E-state index contributed by atoms with van der Waals surface area (Å²) in [4.78, 5) is 26.7. The topological polar surface area (TPSA) is 87.1 Å². The number of carbonyl (C=O) groups excluding carboxylic acids is 1. The van der Waals surface area contributed by atoms with Gasteiger partial charge in [0.2, 0.25) is 0 Å². The van der Waals surface area contributed by atoms with Gasteiger partial charge in [-0.1, -0.05) is 39.0 Å². The van der Waals surface area contributed by atoms with Crippen molar-refractivity contribution in [3.8, 4) is 17.2 Å². The Balaban J connectivity index is 2.04. The summed E-state index contributed by atoms with van der Waals surface area (Å²) < 4.78 is 7.13. The van der Waals surface area contributed by atoms with E-state index in [0.29, 0.717) is 31.7 Å². The zero-order valence-electron chi connectivity index (χ0n) is 19.0. The first-order valence-corrected chi connectivity index (χ1v) is 12.3. The molecule has 1 amide bonds. The highest BCUT2D eigenvalue weighted by Gasteiger charge is 2.31. The number of anilines is 1. The number of halogens is 2. The molecular formula is C26H25Br2NO5. The SMILES string of the molecule is CCC(C(=O)O)N(C(=O)c1ccccc1)c1cc(Br)c(Oc2ccc(O)c(C(C)C)c2)c(Br)c1. The summed E-state index contributed by atoms with van der Waals surface area (Å²) in [5.41, 5.74) is 1.55. The molecule has 0 fully saturated rings. The van der Waals surface area contributed by atoms with Gasteiger partial charge in [-0.2, -0.15) is 0 Å². The largest absolute Gasteiger partial charge is 0.508 e. The molecule has 0 heterocycles. The fourth-order valence-corrected chi connectivity index (χ4v) is 4.91. The fourth-order valence-electron chi connectivity index (χ4n) is 3.59. The van der Waals surface area contributed by atoms with Gasteiger partial charge in [0.25, 0.3) is 5.91 Å². The average Bonchev–Trinajstić information content (AvgIpc) is 2.80. The minimum Gasteiger partial charge on any atom is -0.508 e. The first-order valence-electron chi connectivity index (χ1n) is 10.7. The Morgan fingerprint density at radius 1 is 1.00 bits per heavy atom. The molecule has 0 aliphatic carbocycles. The van der Waals surface area contributed by atoms with Crippen LogP contribution in [0.2, 0.25) is 0 Å². The third-order valence-corrected chi connectivity index (χ3v) is 6.50. The second kappa shape index (κ2) is 11.1. The van der Waals surface area contributed by atoms with Gasteiger partial charge in [-0.3, -0.25) is 9.69 Å². The zero-order chi connectivity index (χ0) is 25.0. The first kappa shape index (κ1) is 25.8. The number of carbonyl (C=O) groups is 2. The summed E-state index contributed by atoms with van der Waals surface area (Å²) in [6, 6.07) is 15.9. The number of amides is 1. The molecule has 0 bridgehead atoms. The quantitative estimate of drug-likeness (QED) is 0.286. The summed E-state index contributed by atoms with van der Waals surface area (Å²) in [6.07, 6.45) is 0.229. The van der Waals surface area contributed by atoms with E-state index in [1.807, 2.05) is 13.8 Å². The van der Waals surface area contributed by atoms with Gasteiger partial charge in [0, 0.05) is 16.8 Å². The highest BCUT2D eigenvalue weighted by Crippen LogP contribution is 2.42. The smallest absolute Gasteiger partial charge is 0.326 e. The molecule has 1 atom stereocenters. The Labute approximate surface area is 215 Å². The van der Waals surface area contributed by atoms with Crippen LogP contribution >= 0.6 is 31.9 Å². The van der Waals surface area contributed by atoms with Crippen molar-refractivity contribution in [2.75, 3.05) is 4.90 Å². The third-order valence-electron chi connectivity index (χ3n) is 5.33. The predicted molar refractivity (Wildman–Crippen MR) is 139 cm³/mol. The molecule has 1 unspecified atom stereocenters. The second-order valence-corrected chi connectivity index (χ2v) is 9.73. The Kier molecular flexibility index (Phi) is 8.38. The minimum atomic E-state index is -1.09. The highest BCUT2D eigenvalue weighted by atomic mass is 79.9. The monoisotopic (exact) mass is 589 g/mol. The van der Waals surface area contributed by atoms with Gasteiger partial charge in [0.15, 0.2) is 5.75 Å². The van der Waals surface area contributed by atoms with Crippen molar-refractivity contribution in [1.82, 2.24) is 0 Å².